The fourth-order valence-electron chi connectivity index (χ4n) is 3.00. The highest BCUT2D eigenvalue weighted by Crippen LogP contribution is 2.36. The van der Waals surface area contributed by atoms with Crippen LogP contribution in [0.2, 0.25) is 10.0 Å². The van der Waals surface area contributed by atoms with Crippen LogP contribution in [0, 0.1) is 0 Å². The molecule has 0 bridgehead atoms. The number of carbonyl (C=O) groups excluding carboxylic acids is 1. The van der Waals surface area contributed by atoms with Gasteiger partial charge in [0.05, 0.1) is 36.6 Å². The van der Waals surface area contributed by atoms with Crippen LogP contribution in [0.15, 0.2) is 54.6 Å². The van der Waals surface area contributed by atoms with Gasteiger partial charge >= 0.3 is 0 Å². The lowest BCUT2D eigenvalue weighted by Crippen LogP contribution is -2.14. The van der Waals surface area contributed by atoms with Gasteiger partial charge in [0.1, 0.15) is 29.6 Å². The maximum absolute atomic E-state index is 13.0. The molecule has 0 aliphatic carbocycles. The number of amides is 1. The minimum Gasteiger partial charge on any atom is -0.495 e. The van der Waals surface area contributed by atoms with Gasteiger partial charge in [-0.25, -0.2) is 0 Å². The zero-order valence-corrected chi connectivity index (χ0v) is 19.4. The highest BCUT2D eigenvalue weighted by molar-refractivity contribution is 6.32. The van der Waals surface area contributed by atoms with Gasteiger partial charge in [-0.05, 0) is 37.3 Å². The number of carbonyl (C=O) groups is 1. The molecule has 1 N–H and O–H groups in total. The molecule has 6 nitrogen and oxygen atoms in total. The van der Waals surface area contributed by atoms with E-state index in [0.29, 0.717) is 56.5 Å². The predicted molar refractivity (Wildman–Crippen MR) is 126 cm³/mol. The average molecular weight is 476 g/mol. The standard InChI is InChI=1S/C24H23Cl2NO5/c1-4-31-20-10-9-15(11-16(20)14-32-21-8-6-5-7-17(21)25)24(28)27-19-13-22(29-2)18(26)12-23(19)30-3/h5-13H,4,14H2,1-3H3,(H,27,28). The highest BCUT2D eigenvalue weighted by atomic mass is 35.5. The Balaban J connectivity index is 1.85. The molecule has 0 unspecified atom stereocenters. The van der Waals surface area contributed by atoms with Gasteiger partial charge in [0.15, 0.2) is 0 Å². The van der Waals surface area contributed by atoms with Crippen LogP contribution in [0.3, 0.4) is 0 Å². The molecule has 1 amide bonds. The van der Waals surface area contributed by atoms with E-state index < -0.39 is 0 Å². The summed E-state index contributed by atoms with van der Waals surface area (Å²) in [5.74, 6) is 1.67. The first-order chi connectivity index (χ1) is 15.5. The molecule has 0 heterocycles. The molecule has 3 aromatic rings. The van der Waals surface area contributed by atoms with Crippen LogP contribution in [-0.4, -0.2) is 26.7 Å². The lowest BCUT2D eigenvalue weighted by Gasteiger charge is -2.15. The SMILES string of the molecule is CCOc1ccc(C(=O)Nc2cc(OC)c(Cl)cc2OC)cc1COc1ccccc1Cl. The molecule has 0 saturated heterocycles. The minimum atomic E-state index is -0.338. The molecule has 0 saturated carbocycles. The van der Waals surface area contributed by atoms with E-state index in [1.165, 1.54) is 14.2 Å². The van der Waals surface area contributed by atoms with Crippen molar-refractivity contribution < 1.29 is 23.7 Å². The molecule has 0 atom stereocenters. The number of ether oxygens (including phenoxy) is 4. The first-order valence-corrected chi connectivity index (χ1v) is 10.6. The lowest BCUT2D eigenvalue weighted by molar-refractivity contribution is 0.102. The van der Waals surface area contributed by atoms with Gasteiger partial charge in [0, 0.05) is 23.3 Å². The summed E-state index contributed by atoms with van der Waals surface area (Å²) in [6, 6.07) is 15.5. The van der Waals surface area contributed by atoms with Crippen molar-refractivity contribution in [2.75, 3.05) is 26.1 Å². The van der Waals surface area contributed by atoms with Crippen molar-refractivity contribution in [3.63, 3.8) is 0 Å². The van der Waals surface area contributed by atoms with Gasteiger partial charge in [0.2, 0.25) is 0 Å². The zero-order chi connectivity index (χ0) is 23.1. The third kappa shape index (κ3) is 5.58. The summed E-state index contributed by atoms with van der Waals surface area (Å²) in [5, 5.41) is 3.72. The van der Waals surface area contributed by atoms with E-state index in [-0.39, 0.29) is 12.5 Å². The summed E-state index contributed by atoms with van der Waals surface area (Å²) < 4.78 is 22.1. The predicted octanol–water partition coefficient (Wildman–Crippen LogP) is 6.24. The van der Waals surface area contributed by atoms with Crippen LogP contribution in [0.25, 0.3) is 0 Å². The first-order valence-electron chi connectivity index (χ1n) is 9.82. The molecule has 0 fully saturated rings. The molecule has 0 radical (unpaired) electrons. The van der Waals surface area contributed by atoms with E-state index >= 15 is 0 Å². The summed E-state index contributed by atoms with van der Waals surface area (Å²) in [5.41, 5.74) is 1.56. The van der Waals surface area contributed by atoms with E-state index in [0.717, 1.165) is 0 Å². The molecule has 0 aliphatic heterocycles. The van der Waals surface area contributed by atoms with Crippen molar-refractivity contribution >= 4 is 34.8 Å². The number of hydrogen-bond donors (Lipinski definition) is 1. The largest absolute Gasteiger partial charge is 0.495 e. The average Bonchev–Trinajstić information content (AvgIpc) is 2.80. The molecule has 168 valence electrons. The Morgan fingerprint density at radius 3 is 2.28 bits per heavy atom. The summed E-state index contributed by atoms with van der Waals surface area (Å²) in [6.45, 7) is 2.55. The van der Waals surface area contributed by atoms with Crippen molar-refractivity contribution in [2.24, 2.45) is 0 Å². The summed E-state index contributed by atoms with van der Waals surface area (Å²) in [4.78, 5) is 13.0. The van der Waals surface area contributed by atoms with E-state index in [9.17, 15) is 4.79 Å². The number of methoxy groups -OCH3 is 2. The summed E-state index contributed by atoms with van der Waals surface area (Å²) >= 11 is 12.3. The number of para-hydroxylation sites is 1. The Bertz CT molecular complexity index is 1100. The van der Waals surface area contributed by atoms with Crippen LogP contribution in [-0.2, 0) is 6.61 Å². The van der Waals surface area contributed by atoms with E-state index in [4.69, 9.17) is 42.1 Å². The fourth-order valence-corrected chi connectivity index (χ4v) is 3.42. The topological polar surface area (TPSA) is 66.0 Å². The lowest BCUT2D eigenvalue weighted by atomic mass is 10.1. The number of hydrogen-bond acceptors (Lipinski definition) is 5. The second-order valence-corrected chi connectivity index (χ2v) is 7.43. The Labute approximate surface area is 197 Å². The maximum Gasteiger partial charge on any atom is 0.255 e. The summed E-state index contributed by atoms with van der Waals surface area (Å²) in [6.07, 6.45) is 0. The monoisotopic (exact) mass is 475 g/mol. The van der Waals surface area contributed by atoms with Gasteiger partial charge in [-0.15, -0.1) is 0 Å². The first kappa shape index (κ1) is 23.6. The minimum absolute atomic E-state index is 0.179. The van der Waals surface area contributed by atoms with Crippen molar-refractivity contribution in [3.05, 3.63) is 75.8 Å². The third-order valence-corrected chi connectivity index (χ3v) is 5.17. The molecule has 8 heteroatoms. The van der Waals surface area contributed by atoms with Crippen LogP contribution >= 0.6 is 23.2 Å². The molecule has 0 aromatic heterocycles. The van der Waals surface area contributed by atoms with Gasteiger partial charge in [-0.1, -0.05) is 35.3 Å². The van der Waals surface area contributed by atoms with Gasteiger partial charge in [0.25, 0.3) is 5.91 Å². The second-order valence-electron chi connectivity index (χ2n) is 6.62. The summed E-state index contributed by atoms with van der Waals surface area (Å²) in [7, 11) is 2.99. The van der Waals surface area contributed by atoms with Crippen molar-refractivity contribution in [3.8, 4) is 23.0 Å². The Hall–Kier alpha value is -3.09. The van der Waals surface area contributed by atoms with Gasteiger partial charge in [-0.2, -0.15) is 0 Å². The van der Waals surface area contributed by atoms with E-state index in [2.05, 4.69) is 5.32 Å². The third-order valence-electron chi connectivity index (χ3n) is 4.56. The Morgan fingerprint density at radius 1 is 0.844 bits per heavy atom. The van der Waals surface area contributed by atoms with Crippen molar-refractivity contribution in [2.45, 2.75) is 13.5 Å². The van der Waals surface area contributed by atoms with Crippen LogP contribution in [0.4, 0.5) is 5.69 Å². The molecule has 0 spiro atoms. The number of rotatable bonds is 9. The number of benzene rings is 3. The quantitative estimate of drug-likeness (QED) is 0.396. The molecular formula is C24H23Cl2NO5. The van der Waals surface area contributed by atoms with Crippen molar-refractivity contribution in [1.29, 1.82) is 0 Å². The number of nitrogens with one attached hydrogen (secondary N) is 1. The molecule has 3 aromatic carbocycles. The fraction of sp³-hybridized carbons (Fsp3) is 0.208. The van der Waals surface area contributed by atoms with Gasteiger partial charge in [-0.3, -0.25) is 4.79 Å². The number of anilines is 1. The zero-order valence-electron chi connectivity index (χ0n) is 17.9. The van der Waals surface area contributed by atoms with Crippen LogP contribution in [0.5, 0.6) is 23.0 Å². The molecule has 3 rings (SSSR count). The van der Waals surface area contributed by atoms with Crippen LogP contribution in [0.1, 0.15) is 22.8 Å². The molecule has 32 heavy (non-hydrogen) atoms. The molecular weight excluding hydrogens is 453 g/mol. The Morgan fingerprint density at radius 2 is 1.59 bits per heavy atom. The maximum atomic E-state index is 13.0. The van der Waals surface area contributed by atoms with Gasteiger partial charge < -0.3 is 24.3 Å². The second kappa shape index (κ2) is 11.0. The highest BCUT2D eigenvalue weighted by Gasteiger charge is 2.16. The van der Waals surface area contributed by atoms with E-state index in [1.807, 2.05) is 19.1 Å². The molecule has 0 aliphatic rings. The van der Waals surface area contributed by atoms with E-state index in [1.54, 1.807) is 42.5 Å². The van der Waals surface area contributed by atoms with Crippen LogP contribution < -0.4 is 24.3 Å². The smallest absolute Gasteiger partial charge is 0.255 e. The number of halogens is 2. The van der Waals surface area contributed by atoms with Crippen molar-refractivity contribution in [1.82, 2.24) is 0 Å². The normalized spacial score (nSPS) is 10.4. The Kier molecular flexibility index (Phi) is 8.09.